The second-order valence-corrected chi connectivity index (χ2v) is 7.24. The van der Waals surface area contributed by atoms with Crippen molar-refractivity contribution < 1.29 is 23.9 Å². The number of nitrogens with zero attached hydrogens (tertiary/aromatic N) is 1. The Hall–Kier alpha value is -2.70. The van der Waals surface area contributed by atoms with Crippen molar-refractivity contribution in [3.05, 3.63) is 29.3 Å². The van der Waals surface area contributed by atoms with Gasteiger partial charge >= 0.3 is 0 Å². The molecule has 0 radical (unpaired) electrons. The summed E-state index contributed by atoms with van der Waals surface area (Å²) in [6.07, 6.45) is 6.99. The van der Waals surface area contributed by atoms with Crippen LogP contribution in [0.3, 0.4) is 0 Å². The van der Waals surface area contributed by atoms with Crippen LogP contribution in [0.25, 0.3) is 0 Å². The van der Waals surface area contributed by atoms with E-state index in [1.54, 1.807) is 18.2 Å². The minimum Gasteiger partial charge on any atom is -0.493 e. The lowest BCUT2D eigenvalue weighted by Crippen LogP contribution is -2.54. The molecule has 1 aromatic carbocycles. The fourth-order valence-electron chi connectivity index (χ4n) is 3.67. The second-order valence-electron chi connectivity index (χ2n) is 7.24. The van der Waals surface area contributed by atoms with Crippen LogP contribution in [-0.2, 0) is 9.59 Å². The molecule has 28 heavy (non-hydrogen) atoms. The Morgan fingerprint density at radius 1 is 1.04 bits per heavy atom. The minimum atomic E-state index is -0.962. The first-order valence-corrected chi connectivity index (χ1v) is 10.0. The van der Waals surface area contributed by atoms with Gasteiger partial charge in [-0.2, -0.15) is 0 Å². The van der Waals surface area contributed by atoms with E-state index in [0.717, 1.165) is 24.2 Å². The fraction of sp³-hybridized carbons (Fsp3) is 0.524. The molecule has 2 heterocycles. The van der Waals surface area contributed by atoms with Gasteiger partial charge in [0.1, 0.15) is 11.8 Å². The number of amides is 4. The first kappa shape index (κ1) is 20.0. The maximum atomic E-state index is 12.9. The van der Waals surface area contributed by atoms with Crippen LogP contribution in [0.5, 0.6) is 5.75 Å². The molecule has 1 fully saturated rings. The van der Waals surface area contributed by atoms with Crippen LogP contribution >= 0.6 is 0 Å². The maximum Gasteiger partial charge on any atom is 0.266 e. The largest absolute Gasteiger partial charge is 0.493 e. The lowest BCUT2D eigenvalue weighted by molar-refractivity contribution is -0.136. The standard InChI is InChI=1S/C21H26N2O5/c1-2-3-4-5-6-7-13-28-16-10-8-9-14-18(16)21(27)23(20(14)26)15-11-12-17(24)22-19(15)25/h8-10,15H,2-7,11-13H2,1H3,(H,22,24,25). The molecule has 0 aliphatic carbocycles. The van der Waals surface area contributed by atoms with Crippen molar-refractivity contribution in [1.29, 1.82) is 0 Å². The van der Waals surface area contributed by atoms with Gasteiger partial charge in [0.2, 0.25) is 11.8 Å². The van der Waals surface area contributed by atoms with Crippen LogP contribution in [0.1, 0.15) is 79.0 Å². The van der Waals surface area contributed by atoms with E-state index in [1.807, 2.05) is 0 Å². The van der Waals surface area contributed by atoms with Crippen LogP contribution in [0, 0.1) is 0 Å². The molecule has 4 amide bonds. The zero-order valence-electron chi connectivity index (χ0n) is 16.2. The smallest absolute Gasteiger partial charge is 0.266 e. The van der Waals surface area contributed by atoms with Crippen LogP contribution in [0.4, 0.5) is 0 Å². The molecule has 2 aliphatic rings. The average molecular weight is 386 g/mol. The van der Waals surface area contributed by atoms with Crippen molar-refractivity contribution in [3.8, 4) is 5.75 Å². The molecule has 0 spiro atoms. The van der Waals surface area contributed by atoms with Crippen molar-refractivity contribution in [2.75, 3.05) is 6.61 Å². The summed E-state index contributed by atoms with van der Waals surface area (Å²) in [5.74, 6) is -1.67. The zero-order chi connectivity index (χ0) is 20.1. The van der Waals surface area contributed by atoms with Gasteiger partial charge in [0.25, 0.3) is 11.8 Å². The number of piperidine rings is 1. The molecule has 1 atom stereocenters. The molecule has 1 N–H and O–H groups in total. The Kier molecular flexibility index (Phi) is 6.44. The summed E-state index contributed by atoms with van der Waals surface area (Å²) in [5, 5.41) is 2.20. The normalized spacial score (nSPS) is 19.0. The highest BCUT2D eigenvalue weighted by molar-refractivity contribution is 6.24. The molecule has 7 heteroatoms. The zero-order valence-corrected chi connectivity index (χ0v) is 16.2. The Labute approximate surface area is 164 Å². The molecule has 2 aliphatic heterocycles. The Morgan fingerprint density at radius 3 is 2.54 bits per heavy atom. The van der Waals surface area contributed by atoms with Gasteiger partial charge in [0.15, 0.2) is 0 Å². The number of hydrogen-bond acceptors (Lipinski definition) is 5. The molecule has 1 unspecified atom stereocenters. The molecular weight excluding hydrogens is 360 g/mol. The van der Waals surface area contributed by atoms with Gasteiger partial charge in [-0.25, -0.2) is 0 Å². The van der Waals surface area contributed by atoms with Crippen molar-refractivity contribution in [1.82, 2.24) is 10.2 Å². The van der Waals surface area contributed by atoms with Crippen molar-refractivity contribution in [2.24, 2.45) is 0 Å². The SMILES string of the molecule is CCCCCCCCOc1cccc2c1C(=O)N(C1CCC(=O)NC1=O)C2=O. The number of carbonyl (C=O) groups is 4. The van der Waals surface area contributed by atoms with Crippen LogP contribution in [-0.4, -0.2) is 41.2 Å². The van der Waals surface area contributed by atoms with E-state index in [9.17, 15) is 19.2 Å². The van der Waals surface area contributed by atoms with E-state index < -0.39 is 23.8 Å². The molecule has 150 valence electrons. The van der Waals surface area contributed by atoms with E-state index >= 15 is 0 Å². The average Bonchev–Trinajstić information content (AvgIpc) is 2.93. The van der Waals surface area contributed by atoms with Crippen LogP contribution in [0.2, 0.25) is 0 Å². The number of nitrogens with one attached hydrogen (secondary N) is 1. The molecule has 0 aromatic heterocycles. The Morgan fingerprint density at radius 2 is 1.79 bits per heavy atom. The third kappa shape index (κ3) is 4.08. The number of rotatable bonds is 9. The maximum absolute atomic E-state index is 12.9. The van der Waals surface area contributed by atoms with Gasteiger partial charge in [-0.3, -0.25) is 29.4 Å². The van der Waals surface area contributed by atoms with Gasteiger partial charge in [-0.1, -0.05) is 45.1 Å². The van der Waals surface area contributed by atoms with Crippen LogP contribution < -0.4 is 10.1 Å². The number of carbonyl (C=O) groups excluding carboxylic acids is 4. The number of fused-ring (bicyclic) bond motifs is 1. The third-order valence-corrected chi connectivity index (χ3v) is 5.19. The number of ether oxygens (including phenoxy) is 1. The van der Waals surface area contributed by atoms with Crippen molar-refractivity contribution in [3.63, 3.8) is 0 Å². The topological polar surface area (TPSA) is 92.8 Å². The summed E-state index contributed by atoms with van der Waals surface area (Å²) in [4.78, 5) is 50.1. The summed E-state index contributed by atoms with van der Waals surface area (Å²) >= 11 is 0. The van der Waals surface area contributed by atoms with Gasteiger partial charge in [0.05, 0.1) is 17.7 Å². The van der Waals surface area contributed by atoms with Crippen LogP contribution in [0.15, 0.2) is 18.2 Å². The first-order valence-electron chi connectivity index (χ1n) is 10.0. The second kappa shape index (κ2) is 8.99. The van der Waals surface area contributed by atoms with E-state index in [-0.39, 0.29) is 29.9 Å². The molecule has 0 saturated carbocycles. The Bertz CT molecular complexity index is 789. The van der Waals surface area contributed by atoms with Crippen molar-refractivity contribution >= 4 is 23.6 Å². The Balaban J connectivity index is 1.66. The van der Waals surface area contributed by atoms with E-state index in [2.05, 4.69) is 12.2 Å². The first-order chi connectivity index (χ1) is 13.5. The quantitative estimate of drug-likeness (QED) is 0.520. The van der Waals surface area contributed by atoms with Crippen molar-refractivity contribution in [2.45, 2.75) is 64.3 Å². The molecule has 0 bridgehead atoms. The third-order valence-electron chi connectivity index (χ3n) is 5.19. The number of hydrogen-bond donors (Lipinski definition) is 1. The minimum absolute atomic E-state index is 0.102. The van der Waals surface area contributed by atoms with E-state index in [0.29, 0.717) is 12.4 Å². The van der Waals surface area contributed by atoms with Gasteiger partial charge in [-0.05, 0) is 25.0 Å². The highest BCUT2D eigenvalue weighted by Gasteiger charge is 2.45. The highest BCUT2D eigenvalue weighted by Crippen LogP contribution is 2.33. The molecule has 3 rings (SSSR count). The summed E-state index contributed by atoms with van der Waals surface area (Å²) < 4.78 is 5.80. The van der Waals surface area contributed by atoms with Gasteiger partial charge in [0, 0.05) is 6.42 Å². The summed E-state index contributed by atoms with van der Waals surface area (Å²) in [7, 11) is 0. The molecule has 7 nitrogen and oxygen atoms in total. The van der Waals surface area contributed by atoms with Gasteiger partial charge < -0.3 is 4.74 Å². The lowest BCUT2D eigenvalue weighted by Gasteiger charge is -2.27. The molecule has 1 aromatic rings. The summed E-state index contributed by atoms with van der Waals surface area (Å²) in [5.41, 5.74) is 0.457. The number of unbranched alkanes of at least 4 members (excludes halogenated alkanes) is 5. The fourth-order valence-corrected chi connectivity index (χ4v) is 3.67. The predicted octanol–water partition coefficient (Wildman–Crippen LogP) is 2.83. The summed E-state index contributed by atoms with van der Waals surface area (Å²) in [6, 6.07) is 3.96. The molecular formula is C21H26N2O5. The lowest BCUT2D eigenvalue weighted by atomic mass is 10.0. The number of benzene rings is 1. The predicted molar refractivity (Wildman–Crippen MR) is 102 cm³/mol. The monoisotopic (exact) mass is 386 g/mol. The van der Waals surface area contributed by atoms with E-state index in [1.165, 1.54) is 19.3 Å². The highest BCUT2D eigenvalue weighted by atomic mass is 16.5. The number of imide groups is 2. The van der Waals surface area contributed by atoms with Gasteiger partial charge in [-0.15, -0.1) is 0 Å². The van der Waals surface area contributed by atoms with E-state index in [4.69, 9.17) is 4.74 Å². The molecule has 1 saturated heterocycles. The summed E-state index contributed by atoms with van der Waals surface area (Å²) in [6.45, 7) is 2.65.